The highest BCUT2D eigenvalue weighted by atomic mass is 35.5. The zero-order valence-electron chi connectivity index (χ0n) is 12.5. The van der Waals surface area contributed by atoms with E-state index >= 15 is 0 Å². The highest BCUT2D eigenvalue weighted by Crippen LogP contribution is 2.21. The largest absolute Gasteiger partial charge is 0.391 e. The van der Waals surface area contributed by atoms with Gasteiger partial charge in [-0.2, -0.15) is 0 Å². The summed E-state index contributed by atoms with van der Waals surface area (Å²) in [5.74, 6) is 6.32. The fraction of sp³-hybridized carbons (Fsp3) is 0.0556. The molecule has 0 saturated carbocycles. The minimum Gasteiger partial charge on any atom is -0.391 e. The summed E-state index contributed by atoms with van der Waals surface area (Å²) in [4.78, 5) is 9.40. The van der Waals surface area contributed by atoms with Crippen molar-refractivity contribution in [1.29, 1.82) is 0 Å². The van der Waals surface area contributed by atoms with Gasteiger partial charge in [-0.25, -0.2) is 10.5 Å². The maximum atomic E-state index is 5.88. The van der Waals surface area contributed by atoms with Crippen LogP contribution in [0.5, 0.6) is 0 Å². The third-order valence-corrected chi connectivity index (χ3v) is 3.51. The lowest BCUT2D eigenvalue weighted by molar-refractivity contribution is 0.331. The van der Waals surface area contributed by atoms with Gasteiger partial charge in [-0.1, -0.05) is 30.0 Å². The standard InChI is InChI=1S/C18H14ClN3O/c1-3-23-21-16-10-17-14(12-22(2)18(17)20-11-16)7-4-13-5-8-15(19)9-6-13/h3,5-6,8-12,21H,1H2,2H3. The molecule has 0 aliphatic rings. The summed E-state index contributed by atoms with van der Waals surface area (Å²) in [6.45, 7) is 3.49. The van der Waals surface area contributed by atoms with E-state index in [9.17, 15) is 0 Å². The molecule has 0 bridgehead atoms. The average Bonchev–Trinajstić information content (AvgIpc) is 2.88. The smallest absolute Gasteiger partial charge is 0.141 e. The Morgan fingerprint density at radius 2 is 2.09 bits per heavy atom. The van der Waals surface area contributed by atoms with Gasteiger partial charge in [-0.05, 0) is 30.3 Å². The van der Waals surface area contributed by atoms with Crippen LogP contribution in [0.3, 0.4) is 0 Å². The molecule has 23 heavy (non-hydrogen) atoms. The van der Waals surface area contributed by atoms with E-state index < -0.39 is 0 Å². The minimum absolute atomic E-state index is 0.697. The summed E-state index contributed by atoms with van der Waals surface area (Å²) in [5, 5.41) is 1.65. The number of rotatable bonds is 3. The van der Waals surface area contributed by atoms with Crippen molar-refractivity contribution in [3.63, 3.8) is 0 Å². The predicted octanol–water partition coefficient (Wildman–Crippen LogP) is 4.11. The molecule has 1 aromatic carbocycles. The van der Waals surface area contributed by atoms with E-state index in [1.807, 2.05) is 48.1 Å². The van der Waals surface area contributed by atoms with Gasteiger partial charge in [0.1, 0.15) is 11.9 Å². The number of hydrogen-bond acceptors (Lipinski definition) is 3. The molecule has 2 heterocycles. The Morgan fingerprint density at radius 3 is 2.83 bits per heavy atom. The van der Waals surface area contributed by atoms with E-state index in [1.54, 1.807) is 6.20 Å². The van der Waals surface area contributed by atoms with Crippen LogP contribution in [-0.4, -0.2) is 9.55 Å². The van der Waals surface area contributed by atoms with Gasteiger partial charge in [-0.3, -0.25) is 0 Å². The van der Waals surface area contributed by atoms with Crippen molar-refractivity contribution in [2.75, 3.05) is 5.48 Å². The van der Waals surface area contributed by atoms with Crippen LogP contribution >= 0.6 is 11.6 Å². The van der Waals surface area contributed by atoms with Crippen LogP contribution in [0.4, 0.5) is 5.69 Å². The first-order valence-corrected chi connectivity index (χ1v) is 7.30. The van der Waals surface area contributed by atoms with Gasteiger partial charge in [-0.15, -0.1) is 0 Å². The summed E-state index contributed by atoms with van der Waals surface area (Å²) >= 11 is 5.88. The highest BCUT2D eigenvalue weighted by molar-refractivity contribution is 6.30. The molecule has 3 aromatic rings. The van der Waals surface area contributed by atoms with Crippen LogP contribution in [0.15, 0.2) is 55.6 Å². The Bertz CT molecular complexity index is 917. The number of benzene rings is 1. The topological polar surface area (TPSA) is 39.1 Å². The first kappa shape index (κ1) is 15.0. The Balaban J connectivity index is 2.00. The van der Waals surface area contributed by atoms with E-state index in [-0.39, 0.29) is 0 Å². The SMILES string of the molecule is C=CONc1cnc2c(c1)c(C#Cc1ccc(Cl)cc1)cn2C. The normalized spacial score (nSPS) is 10.0. The molecule has 2 aromatic heterocycles. The van der Waals surface area contributed by atoms with Crippen LogP contribution in [0.2, 0.25) is 5.02 Å². The Morgan fingerprint density at radius 1 is 1.30 bits per heavy atom. The average molecular weight is 324 g/mol. The third kappa shape index (κ3) is 3.31. The molecule has 0 unspecified atom stereocenters. The molecule has 0 radical (unpaired) electrons. The number of nitrogens with zero attached hydrogens (tertiary/aromatic N) is 2. The third-order valence-electron chi connectivity index (χ3n) is 3.26. The molecule has 0 fully saturated rings. The van der Waals surface area contributed by atoms with Gasteiger partial charge < -0.3 is 9.40 Å². The molecule has 0 saturated heterocycles. The number of hydrogen-bond donors (Lipinski definition) is 1. The van der Waals surface area contributed by atoms with E-state index in [0.29, 0.717) is 5.02 Å². The molecule has 5 heteroatoms. The molecule has 0 aliphatic heterocycles. The number of fused-ring (bicyclic) bond motifs is 1. The predicted molar refractivity (Wildman–Crippen MR) is 93.1 cm³/mol. The summed E-state index contributed by atoms with van der Waals surface area (Å²) in [6.07, 6.45) is 4.97. The summed E-state index contributed by atoms with van der Waals surface area (Å²) < 4.78 is 1.94. The second-order valence-corrected chi connectivity index (χ2v) is 5.33. The summed E-state index contributed by atoms with van der Waals surface area (Å²) in [6, 6.07) is 9.38. The maximum Gasteiger partial charge on any atom is 0.141 e. The quantitative estimate of drug-likeness (QED) is 0.448. The zero-order valence-corrected chi connectivity index (χ0v) is 13.3. The fourth-order valence-electron chi connectivity index (χ4n) is 2.20. The monoisotopic (exact) mass is 323 g/mol. The van der Waals surface area contributed by atoms with E-state index in [4.69, 9.17) is 16.4 Å². The van der Waals surface area contributed by atoms with Crippen LogP contribution < -0.4 is 5.48 Å². The van der Waals surface area contributed by atoms with Crippen LogP contribution in [0.25, 0.3) is 11.0 Å². The molecule has 114 valence electrons. The van der Waals surface area contributed by atoms with E-state index in [1.165, 1.54) is 6.26 Å². The summed E-state index contributed by atoms with van der Waals surface area (Å²) in [7, 11) is 1.94. The first-order chi connectivity index (χ1) is 11.2. The molecule has 0 spiro atoms. The van der Waals surface area contributed by atoms with Crippen LogP contribution in [0.1, 0.15) is 11.1 Å². The Hall–Kier alpha value is -2.90. The van der Waals surface area contributed by atoms with Crippen molar-refractivity contribution >= 4 is 28.3 Å². The van der Waals surface area contributed by atoms with Crippen molar-refractivity contribution in [1.82, 2.24) is 9.55 Å². The van der Waals surface area contributed by atoms with Gasteiger partial charge in [0.25, 0.3) is 0 Å². The minimum atomic E-state index is 0.697. The number of nitrogens with one attached hydrogen (secondary N) is 1. The van der Waals surface area contributed by atoms with Crippen molar-refractivity contribution in [3.8, 4) is 11.8 Å². The number of halogens is 1. The van der Waals surface area contributed by atoms with Gasteiger partial charge in [0.2, 0.25) is 0 Å². The number of aromatic nitrogens is 2. The van der Waals surface area contributed by atoms with E-state index in [0.717, 1.165) is 27.8 Å². The van der Waals surface area contributed by atoms with Crippen molar-refractivity contribution < 1.29 is 4.84 Å². The number of aryl methyl sites for hydroxylation is 1. The van der Waals surface area contributed by atoms with Crippen LogP contribution in [-0.2, 0) is 11.9 Å². The lowest BCUT2D eigenvalue weighted by Gasteiger charge is -2.03. The second-order valence-electron chi connectivity index (χ2n) is 4.89. The van der Waals surface area contributed by atoms with E-state index in [2.05, 4.69) is 28.9 Å². The molecule has 0 amide bonds. The highest BCUT2D eigenvalue weighted by Gasteiger charge is 2.07. The molecule has 0 aliphatic carbocycles. The molecule has 3 rings (SSSR count). The molecule has 0 atom stereocenters. The number of anilines is 1. The summed E-state index contributed by atoms with van der Waals surface area (Å²) in [5.41, 5.74) is 6.14. The fourth-order valence-corrected chi connectivity index (χ4v) is 2.32. The molecular formula is C18H14ClN3O. The van der Waals surface area contributed by atoms with Gasteiger partial charge in [0, 0.05) is 29.2 Å². The zero-order chi connectivity index (χ0) is 16.2. The number of pyridine rings is 1. The van der Waals surface area contributed by atoms with Gasteiger partial charge in [0.05, 0.1) is 17.4 Å². The van der Waals surface area contributed by atoms with Crippen LogP contribution in [0, 0.1) is 11.8 Å². The Kier molecular flexibility index (Phi) is 4.22. The lowest BCUT2D eigenvalue weighted by Crippen LogP contribution is -1.96. The second kappa shape index (κ2) is 6.47. The maximum absolute atomic E-state index is 5.88. The molecule has 1 N–H and O–H groups in total. The first-order valence-electron chi connectivity index (χ1n) is 6.92. The van der Waals surface area contributed by atoms with Gasteiger partial charge in [0.15, 0.2) is 0 Å². The molecule has 4 nitrogen and oxygen atoms in total. The van der Waals surface area contributed by atoms with Crippen molar-refractivity contribution in [2.45, 2.75) is 0 Å². The van der Waals surface area contributed by atoms with Crippen molar-refractivity contribution in [3.05, 3.63) is 71.7 Å². The molecular weight excluding hydrogens is 310 g/mol. The Labute approximate surface area is 139 Å². The van der Waals surface area contributed by atoms with Gasteiger partial charge >= 0.3 is 0 Å². The van der Waals surface area contributed by atoms with Crippen molar-refractivity contribution in [2.24, 2.45) is 7.05 Å². The lowest BCUT2D eigenvalue weighted by atomic mass is 10.2.